The highest BCUT2D eigenvalue weighted by atomic mass is 16.5. The zero-order chi connectivity index (χ0) is 15.2. The molecule has 21 heavy (non-hydrogen) atoms. The van der Waals surface area contributed by atoms with Crippen molar-refractivity contribution in [2.24, 2.45) is 0 Å². The van der Waals surface area contributed by atoms with Crippen molar-refractivity contribution in [1.82, 2.24) is 15.0 Å². The molecule has 8 nitrogen and oxygen atoms in total. The Morgan fingerprint density at radius 2 is 2.05 bits per heavy atom. The van der Waals surface area contributed by atoms with Gasteiger partial charge in [-0.3, -0.25) is 0 Å². The second kappa shape index (κ2) is 7.37. The summed E-state index contributed by atoms with van der Waals surface area (Å²) in [4.78, 5) is 17.4. The van der Waals surface area contributed by atoms with Crippen LogP contribution in [0.4, 0.5) is 17.8 Å². The fraction of sp³-hybridized carbons (Fsp3) is 0.769. The van der Waals surface area contributed by atoms with Gasteiger partial charge in [0.25, 0.3) is 0 Å². The molecule has 0 radical (unpaired) electrons. The van der Waals surface area contributed by atoms with Gasteiger partial charge in [0.1, 0.15) is 0 Å². The van der Waals surface area contributed by atoms with E-state index in [0.29, 0.717) is 44.0 Å². The molecule has 0 saturated carbocycles. The number of morpholine rings is 1. The van der Waals surface area contributed by atoms with Crippen LogP contribution in [0.15, 0.2) is 0 Å². The van der Waals surface area contributed by atoms with E-state index in [1.54, 1.807) is 14.0 Å². The van der Waals surface area contributed by atoms with E-state index in [2.05, 4.69) is 25.2 Å². The van der Waals surface area contributed by atoms with E-state index < -0.39 is 0 Å². The highest BCUT2D eigenvalue weighted by molar-refractivity contribution is 5.44. The van der Waals surface area contributed by atoms with Crippen LogP contribution in [0.25, 0.3) is 0 Å². The summed E-state index contributed by atoms with van der Waals surface area (Å²) in [7, 11) is 3.71. The number of nitrogens with zero attached hydrogens (tertiary/aromatic N) is 5. The molecule has 0 spiro atoms. The SMILES string of the molecule is CNc1nc(N(C)CCC(C)O)nc(N2CCOCC2)n1. The van der Waals surface area contributed by atoms with E-state index in [9.17, 15) is 5.11 Å². The van der Waals surface area contributed by atoms with Crippen molar-refractivity contribution in [3.8, 4) is 0 Å². The molecule has 1 aromatic rings. The van der Waals surface area contributed by atoms with E-state index in [1.165, 1.54) is 0 Å². The van der Waals surface area contributed by atoms with Crippen molar-refractivity contribution in [3.05, 3.63) is 0 Å². The van der Waals surface area contributed by atoms with Crippen molar-refractivity contribution in [2.75, 3.05) is 62.1 Å². The van der Waals surface area contributed by atoms with Crippen LogP contribution in [-0.4, -0.2) is 73.1 Å². The highest BCUT2D eigenvalue weighted by Gasteiger charge is 2.17. The molecule has 1 atom stereocenters. The van der Waals surface area contributed by atoms with Crippen LogP contribution in [0.2, 0.25) is 0 Å². The molecule has 1 fully saturated rings. The molecule has 1 aromatic heterocycles. The number of hydrogen-bond acceptors (Lipinski definition) is 8. The number of ether oxygens (including phenoxy) is 1. The minimum absolute atomic E-state index is 0.336. The predicted octanol–water partition coefficient (Wildman–Crippen LogP) is -0.0430. The van der Waals surface area contributed by atoms with Gasteiger partial charge in [0.05, 0.1) is 19.3 Å². The molecule has 1 aliphatic rings. The lowest BCUT2D eigenvalue weighted by Gasteiger charge is -2.28. The van der Waals surface area contributed by atoms with Crippen molar-refractivity contribution in [2.45, 2.75) is 19.4 Å². The Morgan fingerprint density at radius 1 is 1.33 bits per heavy atom. The normalized spacial score (nSPS) is 16.7. The van der Waals surface area contributed by atoms with E-state index >= 15 is 0 Å². The van der Waals surface area contributed by atoms with Crippen LogP contribution in [0.5, 0.6) is 0 Å². The number of hydrogen-bond donors (Lipinski definition) is 2. The molecule has 2 N–H and O–H groups in total. The van der Waals surface area contributed by atoms with Crippen LogP contribution in [0, 0.1) is 0 Å². The molecule has 0 aliphatic carbocycles. The lowest BCUT2D eigenvalue weighted by atomic mass is 10.3. The first-order valence-electron chi connectivity index (χ1n) is 7.26. The standard InChI is InChI=1S/C13H24N6O2/c1-10(20)4-5-18(3)12-15-11(14-2)16-13(17-12)19-6-8-21-9-7-19/h10,20H,4-9H2,1-3H3,(H,14,15,16,17). The van der Waals surface area contributed by atoms with Crippen molar-refractivity contribution in [1.29, 1.82) is 0 Å². The lowest BCUT2D eigenvalue weighted by Crippen LogP contribution is -2.38. The fourth-order valence-corrected chi connectivity index (χ4v) is 2.02. The average Bonchev–Trinajstić information content (AvgIpc) is 2.52. The van der Waals surface area contributed by atoms with Crippen LogP contribution < -0.4 is 15.1 Å². The maximum absolute atomic E-state index is 9.39. The smallest absolute Gasteiger partial charge is 0.232 e. The molecule has 118 valence electrons. The van der Waals surface area contributed by atoms with Gasteiger partial charge in [0.2, 0.25) is 17.8 Å². The maximum atomic E-state index is 9.39. The maximum Gasteiger partial charge on any atom is 0.232 e. The Bertz CT molecular complexity index is 450. The summed E-state index contributed by atoms with van der Waals surface area (Å²) in [6.07, 6.45) is 0.334. The monoisotopic (exact) mass is 296 g/mol. The quantitative estimate of drug-likeness (QED) is 0.756. The third-order valence-corrected chi connectivity index (χ3v) is 3.35. The molecule has 2 heterocycles. The van der Waals surface area contributed by atoms with Gasteiger partial charge in [0.15, 0.2) is 0 Å². The molecule has 2 rings (SSSR count). The van der Waals surface area contributed by atoms with Gasteiger partial charge < -0.3 is 25.0 Å². The van der Waals surface area contributed by atoms with Gasteiger partial charge in [-0.15, -0.1) is 0 Å². The molecular formula is C13H24N6O2. The van der Waals surface area contributed by atoms with Gasteiger partial charge >= 0.3 is 0 Å². The van der Waals surface area contributed by atoms with Crippen molar-refractivity contribution >= 4 is 17.8 Å². The van der Waals surface area contributed by atoms with Crippen molar-refractivity contribution < 1.29 is 9.84 Å². The fourth-order valence-electron chi connectivity index (χ4n) is 2.02. The summed E-state index contributed by atoms with van der Waals surface area (Å²) in [6, 6.07) is 0. The Labute approximate surface area is 125 Å². The van der Waals surface area contributed by atoms with Gasteiger partial charge in [-0.1, -0.05) is 0 Å². The van der Waals surface area contributed by atoms with Crippen LogP contribution >= 0.6 is 0 Å². The van der Waals surface area contributed by atoms with Crippen LogP contribution in [-0.2, 0) is 4.74 Å². The van der Waals surface area contributed by atoms with E-state index in [-0.39, 0.29) is 6.10 Å². The summed E-state index contributed by atoms with van der Waals surface area (Å²) < 4.78 is 5.35. The number of anilines is 3. The summed E-state index contributed by atoms with van der Waals surface area (Å²) >= 11 is 0. The summed E-state index contributed by atoms with van der Waals surface area (Å²) in [6.45, 7) is 5.41. The van der Waals surface area contributed by atoms with Gasteiger partial charge in [-0.2, -0.15) is 15.0 Å². The molecule has 0 bridgehead atoms. The number of aliphatic hydroxyl groups is 1. The number of aromatic nitrogens is 3. The number of rotatable bonds is 6. The second-order valence-electron chi connectivity index (χ2n) is 5.17. The lowest BCUT2D eigenvalue weighted by molar-refractivity contribution is 0.122. The molecule has 1 saturated heterocycles. The zero-order valence-electron chi connectivity index (χ0n) is 12.9. The van der Waals surface area contributed by atoms with Crippen LogP contribution in [0.1, 0.15) is 13.3 Å². The molecule has 0 amide bonds. The van der Waals surface area contributed by atoms with E-state index in [4.69, 9.17) is 4.74 Å². The van der Waals surface area contributed by atoms with Gasteiger partial charge in [-0.05, 0) is 13.3 Å². The molecular weight excluding hydrogens is 272 g/mol. The summed E-state index contributed by atoms with van der Waals surface area (Å²) in [5, 5.41) is 12.4. The van der Waals surface area contributed by atoms with Crippen LogP contribution in [0.3, 0.4) is 0 Å². The first kappa shape index (κ1) is 15.7. The number of nitrogens with one attached hydrogen (secondary N) is 1. The zero-order valence-corrected chi connectivity index (χ0v) is 12.9. The van der Waals surface area contributed by atoms with Gasteiger partial charge in [0, 0.05) is 33.7 Å². The first-order chi connectivity index (χ1) is 10.1. The minimum Gasteiger partial charge on any atom is -0.393 e. The Kier molecular flexibility index (Phi) is 5.51. The Hall–Kier alpha value is -1.67. The van der Waals surface area contributed by atoms with Crippen molar-refractivity contribution in [3.63, 3.8) is 0 Å². The molecule has 1 unspecified atom stereocenters. The molecule has 8 heteroatoms. The average molecular weight is 296 g/mol. The Morgan fingerprint density at radius 3 is 2.67 bits per heavy atom. The number of aliphatic hydroxyl groups excluding tert-OH is 1. The second-order valence-corrected chi connectivity index (χ2v) is 5.17. The summed E-state index contributed by atoms with van der Waals surface area (Å²) in [5.74, 6) is 1.82. The van der Waals surface area contributed by atoms with E-state index in [1.807, 2.05) is 11.9 Å². The van der Waals surface area contributed by atoms with E-state index in [0.717, 1.165) is 13.1 Å². The minimum atomic E-state index is -0.336. The largest absolute Gasteiger partial charge is 0.393 e. The predicted molar refractivity (Wildman–Crippen MR) is 82.0 cm³/mol. The topological polar surface area (TPSA) is 86.6 Å². The third kappa shape index (κ3) is 4.40. The first-order valence-corrected chi connectivity index (χ1v) is 7.26. The highest BCUT2D eigenvalue weighted by Crippen LogP contribution is 2.17. The Balaban J connectivity index is 2.16. The summed E-state index contributed by atoms with van der Waals surface area (Å²) in [5.41, 5.74) is 0. The molecule has 1 aliphatic heterocycles. The molecule has 0 aromatic carbocycles. The van der Waals surface area contributed by atoms with Gasteiger partial charge in [-0.25, -0.2) is 0 Å². The third-order valence-electron chi connectivity index (χ3n) is 3.35.